The van der Waals surface area contributed by atoms with Crippen molar-refractivity contribution in [3.05, 3.63) is 0 Å². The highest BCUT2D eigenvalue weighted by Crippen LogP contribution is 2.21. The first-order valence-corrected chi connectivity index (χ1v) is 5.89. The third-order valence-corrected chi connectivity index (χ3v) is 2.67. The van der Waals surface area contributed by atoms with Gasteiger partial charge >= 0.3 is 0 Å². The maximum absolute atomic E-state index is 5.50. The van der Waals surface area contributed by atoms with Crippen LogP contribution in [0.1, 0.15) is 52.9 Å². The average molecular weight is 200 g/mol. The van der Waals surface area contributed by atoms with E-state index < -0.39 is 0 Å². The molecule has 0 aromatic heterocycles. The summed E-state index contributed by atoms with van der Waals surface area (Å²) in [5, 5.41) is 0. The Morgan fingerprint density at radius 3 is 1.64 bits per heavy atom. The summed E-state index contributed by atoms with van der Waals surface area (Å²) in [4.78, 5) is 0. The van der Waals surface area contributed by atoms with Crippen molar-refractivity contribution < 1.29 is 0 Å². The minimum atomic E-state index is 0.319. The summed E-state index contributed by atoms with van der Waals surface area (Å²) in [6.07, 6.45) is 7.05. The number of hydrogen-bond donors (Lipinski definition) is 2. The predicted octanol–water partition coefficient (Wildman–Crippen LogP) is 2.52. The zero-order valence-electron chi connectivity index (χ0n) is 10.2. The molecule has 2 heteroatoms. The normalized spacial score (nSPS) is 18.6. The van der Waals surface area contributed by atoms with Crippen LogP contribution < -0.4 is 11.5 Å². The first kappa shape index (κ1) is 13.9. The Morgan fingerprint density at radius 2 is 1.43 bits per heavy atom. The fourth-order valence-electron chi connectivity index (χ4n) is 1.42. The molecule has 86 valence electrons. The van der Waals surface area contributed by atoms with Gasteiger partial charge in [0.05, 0.1) is 0 Å². The van der Waals surface area contributed by atoms with Gasteiger partial charge in [0.15, 0.2) is 0 Å². The van der Waals surface area contributed by atoms with E-state index in [1.165, 1.54) is 32.1 Å². The van der Waals surface area contributed by atoms with Crippen molar-refractivity contribution in [3.8, 4) is 0 Å². The lowest BCUT2D eigenvalue weighted by Crippen LogP contribution is -2.18. The summed E-state index contributed by atoms with van der Waals surface area (Å²) < 4.78 is 0. The highest BCUT2D eigenvalue weighted by atomic mass is 14.6. The van der Waals surface area contributed by atoms with Gasteiger partial charge in [0.25, 0.3) is 0 Å². The maximum Gasteiger partial charge on any atom is -0.00285 e. The maximum atomic E-state index is 5.50. The minimum Gasteiger partial charge on any atom is -0.330 e. The number of nitrogens with two attached hydrogens (primary N) is 2. The largest absolute Gasteiger partial charge is 0.330 e. The van der Waals surface area contributed by atoms with E-state index in [9.17, 15) is 0 Å². The average Bonchev–Trinajstić information content (AvgIpc) is 2.19. The van der Waals surface area contributed by atoms with Crippen molar-refractivity contribution in [2.75, 3.05) is 13.1 Å². The number of rotatable bonds is 1. The third kappa shape index (κ3) is 8.52. The Labute approximate surface area is 89.4 Å². The second-order valence-electron chi connectivity index (χ2n) is 5.50. The Morgan fingerprint density at radius 1 is 1.00 bits per heavy atom. The standard InChI is InChI=1S/C7H15N.C5H13N/c8-6-7-4-2-1-3-5-7;1-5(2,3)4-6/h7H,1-6,8H2;4,6H2,1-3H3. The van der Waals surface area contributed by atoms with Gasteiger partial charge in [0.2, 0.25) is 0 Å². The highest BCUT2D eigenvalue weighted by molar-refractivity contribution is 4.65. The van der Waals surface area contributed by atoms with Gasteiger partial charge in [-0.2, -0.15) is 0 Å². The second-order valence-corrected chi connectivity index (χ2v) is 5.50. The molecule has 0 unspecified atom stereocenters. The fraction of sp³-hybridized carbons (Fsp3) is 1.00. The summed E-state index contributed by atoms with van der Waals surface area (Å²) in [5.41, 5.74) is 11.1. The molecule has 1 aliphatic rings. The van der Waals surface area contributed by atoms with Crippen molar-refractivity contribution in [2.24, 2.45) is 22.8 Å². The van der Waals surface area contributed by atoms with E-state index in [1.54, 1.807) is 0 Å². The van der Waals surface area contributed by atoms with Gasteiger partial charge in [0, 0.05) is 0 Å². The van der Waals surface area contributed by atoms with Crippen LogP contribution in [0.4, 0.5) is 0 Å². The van der Waals surface area contributed by atoms with Crippen LogP contribution in [0.25, 0.3) is 0 Å². The topological polar surface area (TPSA) is 52.0 Å². The lowest BCUT2D eigenvalue weighted by atomic mass is 9.90. The first-order valence-electron chi connectivity index (χ1n) is 5.89. The smallest absolute Gasteiger partial charge is 0.00285 e. The Bertz CT molecular complexity index is 121. The molecule has 0 amide bonds. The van der Waals surface area contributed by atoms with Crippen LogP contribution in [0, 0.1) is 11.3 Å². The van der Waals surface area contributed by atoms with Gasteiger partial charge in [-0.05, 0) is 37.3 Å². The molecule has 0 radical (unpaired) electrons. The molecule has 0 aromatic rings. The first-order chi connectivity index (χ1) is 6.49. The Balaban J connectivity index is 0.000000255. The van der Waals surface area contributed by atoms with E-state index >= 15 is 0 Å². The van der Waals surface area contributed by atoms with Crippen LogP contribution in [0.5, 0.6) is 0 Å². The van der Waals surface area contributed by atoms with Crippen LogP contribution in [-0.4, -0.2) is 13.1 Å². The molecule has 1 aliphatic carbocycles. The molecule has 4 N–H and O–H groups in total. The van der Waals surface area contributed by atoms with Crippen LogP contribution in [0.15, 0.2) is 0 Å². The molecule has 0 heterocycles. The van der Waals surface area contributed by atoms with E-state index in [1.807, 2.05) is 0 Å². The highest BCUT2D eigenvalue weighted by Gasteiger charge is 2.09. The summed E-state index contributed by atoms with van der Waals surface area (Å²) in [5.74, 6) is 0.865. The lowest BCUT2D eigenvalue weighted by Gasteiger charge is -2.18. The van der Waals surface area contributed by atoms with E-state index in [-0.39, 0.29) is 0 Å². The van der Waals surface area contributed by atoms with Gasteiger partial charge in [-0.1, -0.05) is 40.0 Å². The molecule has 0 atom stereocenters. The summed E-state index contributed by atoms with van der Waals surface area (Å²) in [7, 11) is 0. The predicted molar refractivity (Wildman–Crippen MR) is 64.1 cm³/mol. The summed E-state index contributed by atoms with van der Waals surface area (Å²) >= 11 is 0. The molecule has 1 fully saturated rings. The van der Waals surface area contributed by atoms with Crippen LogP contribution in [0.2, 0.25) is 0 Å². The van der Waals surface area contributed by atoms with Crippen molar-refractivity contribution in [3.63, 3.8) is 0 Å². The van der Waals surface area contributed by atoms with Crippen molar-refractivity contribution >= 4 is 0 Å². The zero-order chi connectivity index (χ0) is 11.0. The molecule has 2 nitrogen and oxygen atoms in total. The zero-order valence-corrected chi connectivity index (χ0v) is 10.2. The molecular weight excluding hydrogens is 172 g/mol. The lowest BCUT2D eigenvalue weighted by molar-refractivity contribution is 0.366. The van der Waals surface area contributed by atoms with Gasteiger partial charge < -0.3 is 11.5 Å². The van der Waals surface area contributed by atoms with Crippen LogP contribution >= 0.6 is 0 Å². The van der Waals surface area contributed by atoms with Gasteiger partial charge in [-0.15, -0.1) is 0 Å². The molecule has 0 aromatic carbocycles. The van der Waals surface area contributed by atoms with E-state index in [0.717, 1.165) is 19.0 Å². The number of hydrogen-bond acceptors (Lipinski definition) is 2. The molecule has 0 bridgehead atoms. The van der Waals surface area contributed by atoms with Crippen LogP contribution in [0.3, 0.4) is 0 Å². The van der Waals surface area contributed by atoms with E-state index in [0.29, 0.717) is 5.41 Å². The molecule has 14 heavy (non-hydrogen) atoms. The van der Waals surface area contributed by atoms with Crippen molar-refractivity contribution in [1.82, 2.24) is 0 Å². The Kier molecular flexibility index (Phi) is 7.20. The molecule has 1 rings (SSSR count). The molecular formula is C12H28N2. The van der Waals surface area contributed by atoms with Crippen molar-refractivity contribution in [1.29, 1.82) is 0 Å². The summed E-state index contributed by atoms with van der Waals surface area (Å²) in [6.45, 7) is 8.04. The van der Waals surface area contributed by atoms with Crippen molar-refractivity contribution in [2.45, 2.75) is 52.9 Å². The minimum absolute atomic E-state index is 0.319. The van der Waals surface area contributed by atoms with E-state index in [2.05, 4.69) is 20.8 Å². The van der Waals surface area contributed by atoms with Gasteiger partial charge in [0.1, 0.15) is 0 Å². The molecule has 0 aliphatic heterocycles. The fourth-order valence-corrected chi connectivity index (χ4v) is 1.42. The SMILES string of the molecule is CC(C)(C)CN.NCC1CCCCC1. The monoisotopic (exact) mass is 200 g/mol. The molecule has 0 spiro atoms. The van der Waals surface area contributed by atoms with Gasteiger partial charge in [-0.3, -0.25) is 0 Å². The second kappa shape index (κ2) is 7.24. The van der Waals surface area contributed by atoms with E-state index in [4.69, 9.17) is 11.5 Å². The third-order valence-electron chi connectivity index (χ3n) is 2.67. The van der Waals surface area contributed by atoms with Gasteiger partial charge in [-0.25, -0.2) is 0 Å². The Hall–Kier alpha value is -0.0800. The van der Waals surface area contributed by atoms with Crippen LogP contribution in [-0.2, 0) is 0 Å². The molecule has 1 saturated carbocycles. The summed E-state index contributed by atoms with van der Waals surface area (Å²) in [6, 6.07) is 0. The molecule has 0 saturated heterocycles. The quantitative estimate of drug-likeness (QED) is 0.683.